The molecule has 0 saturated heterocycles. The highest BCUT2D eigenvalue weighted by Gasteiger charge is 2.10. The number of para-hydroxylation sites is 2. The standard InChI is InChI=1S/C28H22N4O3S2/c33-26(29-21-8-7-13-25(18-21)35-23-11-5-2-6-12-23)19-36-28-32-31-27(37-28)30-20-14-16-24(17-15-20)34-22-9-3-1-4-10-22/h1-18H,19H2,(H,29,33)(H,30,31). The van der Waals surface area contributed by atoms with Crippen LogP contribution in [0.4, 0.5) is 16.5 Å². The molecule has 37 heavy (non-hydrogen) atoms. The van der Waals surface area contributed by atoms with E-state index in [1.807, 2.05) is 103 Å². The van der Waals surface area contributed by atoms with Crippen molar-refractivity contribution in [2.45, 2.75) is 4.34 Å². The Morgan fingerprint density at radius 1 is 0.703 bits per heavy atom. The molecule has 5 aromatic rings. The number of ether oxygens (including phenoxy) is 2. The fourth-order valence-corrected chi connectivity index (χ4v) is 4.83. The number of carbonyl (C=O) groups excluding carboxylic acids is 1. The first kappa shape index (κ1) is 24.4. The highest BCUT2D eigenvalue weighted by atomic mass is 32.2. The number of rotatable bonds is 10. The van der Waals surface area contributed by atoms with Crippen molar-refractivity contribution in [3.05, 3.63) is 109 Å². The van der Waals surface area contributed by atoms with Gasteiger partial charge in [-0.15, -0.1) is 10.2 Å². The van der Waals surface area contributed by atoms with Gasteiger partial charge < -0.3 is 20.1 Å². The van der Waals surface area contributed by atoms with E-state index in [2.05, 4.69) is 20.8 Å². The van der Waals surface area contributed by atoms with Crippen LogP contribution >= 0.6 is 23.1 Å². The Kier molecular flexibility index (Phi) is 7.94. The van der Waals surface area contributed by atoms with E-state index in [4.69, 9.17) is 9.47 Å². The zero-order valence-corrected chi connectivity index (χ0v) is 21.2. The number of nitrogens with zero attached hydrogens (tertiary/aromatic N) is 2. The number of hydrogen-bond acceptors (Lipinski definition) is 8. The minimum absolute atomic E-state index is 0.138. The first-order valence-electron chi connectivity index (χ1n) is 11.4. The quantitative estimate of drug-likeness (QED) is 0.181. The number of hydrogen-bond donors (Lipinski definition) is 2. The lowest BCUT2D eigenvalue weighted by Gasteiger charge is -2.08. The average molecular weight is 527 g/mol. The maximum atomic E-state index is 12.5. The number of nitrogens with one attached hydrogen (secondary N) is 2. The molecule has 0 unspecified atom stereocenters. The third kappa shape index (κ3) is 7.33. The smallest absolute Gasteiger partial charge is 0.234 e. The summed E-state index contributed by atoms with van der Waals surface area (Å²) in [5.41, 5.74) is 1.53. The molecule has 0 aliphatic heterocycles. The van der Waals surface area contributed by atoms with E-state index in [9.17, 15) is 4.79 Å². The van der Waals surface area contributed by atoms with Gasteiger partial charge in [0.05, 0.1) is 5.75 Å². The van der Waals surface area contributed by atoms with Crippen LogP contribution in [0.2, 0.25) is 0 Å². The molecular weight excluding hydrogens is 504 g/mol. The summed E-state index contributed by atoms with van der Waals surface area (Å²) in [5, 5.41) is 15.1. The summed E-state index contributed by atoms with van der Waals surface area (Å²) in [5.74, 6) is 2.99. The van der Waals surface area contributed by atoms with E-state index >= 15 is 0 Å². The molecule has 0 radical (unpaired) electrons. The van der Waals surface area contributed by atoms with Crippen molar-refractivity contribution in [3.8, 4) is 23.0 Å². The minimum Gasteiger partial charge on any atom is -0.457 e. The Morgan fingerprint density at radius 2 is 1.32 bits per heavy atom. The average Bonchev–Trinajstić information content (AvgIpc) is 3.37. The number of carbonyl (C=O) groups is 1. The van der Waals surface area contributed by atoms with E-state index in [1.54, 1.807) is 6.07 Å². The molecule has 0 aliphatic rings. The van der Waals surface area contributed by atoms with Gasteiger partial charge in [-0.1, -0.05) is 65.6 Å². The first-order valence-corrected chi connectivity index (χ1v) is 13.2. The van der Waals surface area contributed by atoms with Gasteiger partial charge in [-0.05, 0) is 60.7 Å². The van der Waals surface area contributed by atoms with Crippen LogP contribution in [0.15, 0.2) is 114 Å². The highest BCUT2D eigenvalue weighted by Crippen LogP contribution is 2.29. The molecule has 7 nitrogen and oxygen atoms in total. The lowest BCUT2D eigenvalue weighted by atomic mass is 10.3. The van der Waals surface area contributed by atoms with Crippen LogP contribution in [0.5, 0.6) is 23.0 Å². The molecular formula is C28H22N4O3S2. The normalized spacial score (nSPS) is 10.5. The molecule has 0 aliphatic carbocycles. The second kappa shape index (κ2) is 12.1. The van der Waals surface area contributed by atoms with Crippen molar-refractivity contribution in [2.75, 3.05) is 16.4 Å². The van der Waals surface area contributed by atoms with Gasteiger partial charge in [0, 0.05) is 17.4 Å². The number of thioether (sulfide) groups is 1. The largest absolute Gasteiger partial charge is 0.457 e. The monoisotopic (exact) mass is 526 g/mol. The molecule has 0 saturated carbocycles. The third-order valence-electron chi connectivity index (χ3n) is 4.91. The summed E-state index contributed by atoms with van der Waals surface area (Å²) in [4.78, 5) is 12.5. The van der Waals surface area contributed by atoms with Crippen molar-refractivity contribution < 1.29 is 14.3 Å². The van der Waals surface area contributed by atoms with Crippen LogP contribution in [0, 0.1) is 0 Å². The highest BCUT2D eigenvalue weighted by molar-refractivity contribution is 8.01. The SMILES string of the molecule is O=C(CSc1nnc(Nc2ccc(Oc3ccccc3)cc2)s1)Nc1cccc(Oc2ccccc2)c1. The van der Waals surface area contributed by atoms with Gasteiger partial charge in [0.25, 0.3) is 0 Å². The van der Waals surface area contributed by atoms with Gasteiger partial charge in [0.2, 0.25) is 11.0 Å². The van der Waals surface area contributed by atoms with Gasteiger partial charge in [-0.3, -0.25) is 4.79 Å². The molecule has 2 N–H and O–H groups in total. The first-order chi connectivity index (χ1) is 18.2. The summed E-state index contributed by atoms with van der Waals surface area (Å²) in [6.45, 7) is 0. The molecule has 0 fully saturated rings. The van der Waals surface area contributed by atoms with E-state index in [0.717, 1.165) is 22.9 Å². The van der Waals surface area contributed by atoms with Crippen LogP contribution in [0.1, 0.15) is 0 Å². The summed E-state index contributed by atoms with van der Waals surface area (Å²) < 4.78 is 12.3. The Balaban J connectivity index is 1.09. The molecule has 0 bridgehead atoms. The van der Waals surface area contributed by atoms with E-state index in [0.29, 0.717) is 20.9 Å². The minimum atomic E-state index is -0.138. The topological polar surface area (TPSA) is 85.4 Å². The number of anilines is 3. The molecule has 0 spiro atoms. The Labute approximate surface area is 222 Å². The summed E-state index contributed by atoms with van der Waals surface area (Å²) in [6, 6.07) is 34.0. The molecule has 184 valence electrons. The molecule has 1 heterocycles. The second-order valence-corrected chi connectivity index (χ2v) is 9.92. The molecule has 1 amide bonds. The fourth-order valence-electron chi connectivity index (χ4n) is 3.26. The molecule has 1 aromatic heterocycles. The van der Waals surface area contributed by atoms with Crippen LogP contribution in [-0.4, -0.2) is 21.9 Å². The van der Waals surface area contributed by atoms with E-state index < -0.39 is 0 Å². The van der Waals surface area contributed by atoms with Crippen molar-refractivity contribution in [1.29, 1.82) is 0 Å². The predicted molar refractivity (Wildman–Crippen MR) is 148 cm³/mol. The van der Waals surface area contributed by atoms with Gasteiger partial charge in [-0.25, -0.2) is 0 Å². The van der Waals surface area contributed by atoms with E-state index in [1.165, 1.54) is 23.1 Å². The van der Waals surface area contributed by atoms with Crippen molar-refractivity contribution in [3.63, 3.8) is 0 Å². The van der Waals surface area contributed by atoms with Crippen molar-refractivity contribution >= 4 is 45.5 Å². The number of amides is 1. The Hall–Kier alpha value is -4.34. The van der Waals surface area contributed by atoms with Gasteiger partial charge in [0.1, 0.15) is 23.0 Å². The zero-order valence-electron chi connectivity index (χ0n) is 19.5. The van der Waals surface area contributed by atoms with Crippen molar-refractivity contribution in [2.24, 2.45) is 0 Å². The number of aromatic nitrogens is 2. The Bertz CT molecular complexity index is 1450. The van der Waals surface area contributed by atoms with Crippen LogP contribution in [-0.2, 0) is 4.79 Å². The second-order valence-electron chi connectivity index (χ2n) is 7.72. The predicted octanol–water partition coefficient (Wildman–Crippen LogP) is 7.60. The number of benzene rings is 4. The van der Waals surface area contributed by atoms with Crippen molar-refractivity contribution in [1.82, 2.24) is 10.2 Å². The summed E-state index contributed by atoms with van der Waals surface area (Å²) in [6.07, 6.45) is 0. The third-order valence-corrected chi connectivity index (χ3v) is 6.89. The Morgan fingerprint density at radius 3 is 2.03 bits per heavy atom. The lowest BCUT2D eigenvalue weighted by molar-refractivity contribution is -0.113. The van der Waals surface area contributed by atoms with Gasteiger partial charge in [-0.2, -0.15) is 0 Å². The molecule has 4 aromatic carbocycles. The molecule has 5 rings (SSSR count). The van der Waals surface area contributed by atoms with Crippen LogP contribution in [0.25, 0.3) is 0 Å². The molecule has 0 atom stereocenters. The van der Waals surface area contributed by atoms with Crippen LogP contribution < -0.4 is 20.1 Å². The lowest BCUT2D eigenvalue weighted by Crippen LogP contribution is -2.13. The van der Waals surface area contributed by atoms with Crippen LogP contribution in [0.3, 0.4) is 0 Å². The maximum Gasteiger partial charge on any atom is 0.234 e. The summed E-state index contributed by atoms with van der Waals surface area (Å²) >= 11 is 2.72. The van der Waals surface area contributed by atoms with Gasteiger partial charge >= 0.3 is 0 Å². The fraction of sp³-hybridized carbons (Fsp3) is 0.0357. The molecule has 9 heteroatoms. The summed E-state index contributed by atoms with van der Waals surface area (Å²) in [7, 11) is 0. The van der Waals surface area contributed by atoms with E-state index in [-0.39, 0.29) is 11.7 Å². The van der Waals surface area contributed by atoms with Gasteiger partial charge in [0.15, 0.2) is 4.34 Å². The maximum absolute atomic E-state index is 12.5. The zero-order chi connectivity index (χ0) is 25.3.